The second kappa shape index (κ2) is 6.11. The second-order valence-corrected chi connectivity index (χ2v) is 2.54. The van der Waals surface area contributed by atoms with Gasteiger partial charge in [0.15, 0.2) is 0 Å². The van der Waals surface area contributed by atoms with Crippen molar-refractivity contribution >= 4 is 29.2 Å². The van der Waals surface area contributed by atoms with Crippen LogP contribution in [-0.2, 0) is 4.74 Å². The minimum atomic E-state index is 0.302. The lowest BCUT2D eigenvalue weighted by Crippen LogP contribution is -1.91. The molecule has 0 aromatic rings. The molecule has 0 aliphatic carbocycles. The van der Waals surface area contributed by atoms with Gasteiger partial charge in [-0.1, -0.05) is 31.7 Å². The summed E-state index contributed by atoms with van der Waals surface area (Å²) in [4.78, 5) is 0. The zero-order valence-electron chi connectivity index (χ0n) is 5.33. The van der Waals surface area contributed by atoms with Crippen LogP contribution in [0.25, 0.3) is 0 Å². The maximum absolute atomic E-state index is 4.85. The maximum atomic E-state index is 4.85. The molecule has 52 valence electrons. The van der Waals surface area contributed by atoms with Gasteiger partial charge in [-0.2, -0.15) is 0 Å². The Bertz CT molecular complexity index is 110. The highest BCUT2D eigenvalue weighted by molar-refractivity contribution is 8.10. The molecule has 0 saturated carbocycles. The first-order valence-electron chi connectivity index (χ1n) is 2.78. The highest BCUT2D eigenvalue weighted by Gasteiger charge is 1.81. The topological polar surface area (TPSA) is 9.23 Å². The summed E-state index contributed by atoms with van der Waals surface area (Å²) in [5.41, 5.74) is 0. The van der Waals surface area contributed by atoms with Crippen molar-refractivity contribution in [3.63, 3.8) is 0 Å². The molecule has 0 N–H and O–H groups in total. The molecule has 0 unspecified atom stereocenters. The summed E-state index contributed by atoms with van der Waals surface area (Å²) in [6.45, 7) is 2.60. The molecule has 0 aliphatic heterocycles. The van der Waals surface area contributed by atoms with Gasteiger partial charge in [0.1, 0.15) is 6.61 Å². The number of rotatable bonds is 3. The lowest BCUT2D eigenvalue weighted by atomic mass is 10.4. The van der Waals surface area contributed by atoms with E-state index in [4.69, 9.17) is 4.74 Å². The molecule has 0 rings (SSSR count). The Morgan fingerprint density at radius 1 is 1.67 bits per heavy atom. The molecule has 0 aromatic heterocycles. The van der Waals surface area contributed by atoms with Gasteiger partial charge in [0.2, 0.25) is 4.38 Å². The van der Waals surface area contributed by atoms with Gasteiger partial charge < -0.3 is 4.74 Å². The van der Waals surface area contributed by atoms with Crippen molar-refractivity contribution in [1.82, 2.24) is 0 Å². The molecule has 0 aliphatic rings. The summed E-state index contributed by atoms with van der Waals surface area (Å²) in [6, 6.07) is 0. The molecule has 9 heavy (non-hydrogen) atoms. The quantitative estimate of drug-likeness (QED) is 0.387. The number of hydrogen-bond acceptors (Lipinski definition) is 2. The van der Waals surface area contributed by atoms with Gasteiger partial charge in [-0.25, -0.2) is 0 Å². The minimum absolute atomic E-state index is 0.302. The van der Waals surface area contributed by atoms with Crippen LogP contribution in [-0.4, -0.2) is 11.0 Å². The summed E-state index contributed by atoms with van der Waals surface area (Å²) < 4.78 is 5.15. The monoisotopic (exact) mass is 162 g/mol. The van der Waals surface area contributed by atoms with Crippen molar-refractivity contribution in [1.29, 1.82) is 0 Å². The summed E-state index contributed by atoms with van der Waals surface area (Å²) in [5, 5.41) is 0. The Balaban J connectivity index is 3.09. The Kier molecular flexibility index (Phi) is 6.09. The van der Waals surface area contributed by atoms with Crippen LogP contribution in [0.1, 0.15) is 13.3 Å². The Morgan fingerprint density at radius 3 is 2.78 bits per heavy atom. The van der Waals surface area contributed by atoms with Crippen molar-refractivity contribution in [3.8, 4) is 0 Å². The second-order valence-electron chi connectivity index (χ2n) is 1.46. The predicted octanol–water partition coefficient (Wildman–Crippen LogP) is 2.18. The fourth-order valence-corrected chi connectivity index (χ4v) is 0.497. The van der Waals surface area contributed by atoms with Crippen molar-refractivity contribution in [2.75, 3.05) is 6.61 Å². The van der Waals surface area contributed by atoms with Gasteiger partial charge in [0.25, 0.3) is 0 Å². The maximum Gasteiger partial charge on any atom is 0.217 e. The number of hydrogen-bond donors (Lipinski definition) is 1. The molecule has 0 atom stereocenters. The van der Waals surface area contributed by atoms with E-state index >= 15 is 0 Å². The first-order chi connectivity index (χ1) is 4.27. The van der Waals surface area contributed by atoms with Crippen LogP contribution in [0.5, 0.6) is 0 Å². The third-order valence-corrected chi connectivity index (χ3v) is 0.952. The summed E-state index contributed by atoms with van der Waals surface area (Å²) >= 11 is 8.33. The van der Waals surface area contributed by atoms with E-state index in [1.54, 1.807) is 0 Å². The smallest absolute Gasteiger partial charge is 0.217 e. The van der Waals surface area contributed by atoms with E-state index in [9.17, 15) is 0 Å². The molecular weight excluding hydrogens is 152 g/mol. The number of allylic oxidation sites excluding steroid dienone is 1. The summed E-state index contributed by atoms with van der Waals surface area (Å²) in [6.07, 6.45) is 4.97. The average molecular weight is 162 g/mol. The van der Waals surface area contributed by atoms with Crippen LogP contribution < -0.4 is 0 Å². The molecule has 0 fully saturated rings. The van der Waals surface area contributed by atoms with Gasteiger partial charge >= 0.3 is 0 Å². The average Bonchev–Trinajstić information content (AvgIpc) is 1.80. The molecule has 0 heterocycles. The van der Waals surface area contributed by atoms with Crippen LogP contribution in [0, 0.1) is 0 Å². The molecule has 0 spiro atoms. The van der Waals surface area contributed by atoms with Gasteiger partial charge in [-0.3, -0.25) is 0 Å². The Morgan fingerprint density at radius 2 is 2.33 bits per heavy atom. The van der Waals surface area contributed by atoms with Crippen LogP contribution in [0.2, 0.25) is 0 Å². The number of ether oxygens (including phenoxy) is 1. The first-order valence-corrected chi connectivity index (χ1v) is 3.63. The largest absolute Gasteiger partial charge is 0.475 e. The molecule has 0 radical (unpaired) electrons. The zero-order chi connectivity index (χ0) is 7.11. The Labute approximate surface area is 66.5 Å². The number of thiol groups is 1. The van der Waals surface area contributed by atoms with E-state index < -0.39 is 0 Å². The molecule has 0 saturated heterocycles. The molecule has 0 aromatic carbocycles. The van der Waals surface area contributed by atoms with Crippen molar-refractivity contribution in [2.45, 2.75) is 13.3 Å². The third-order valence-electron chi connectivity index (χ3n) is 0.705. The van der Waals surface area contributed by atoms with E-state index in [1.807, 2.05) is 12.2 Å². The van der Waals surface area contributed by atoms with Crippen LogP contribution in [0.3, 0.4) is 0 Å². The van der Waals surface area contributed by atoms with Crippen molar-refractivity contribution in [2.24, 2.45) is 0 Å². The lowest BCUT2D eigenvalue weighted by Gasteiger charge is -1.94. The van der Waals surface area contributed by atoms with E-state index in [0.717, 1.165) is 6.42 Å². The fraction of sp³-hybridized carbons (Fsp3) is 0.500. The standard InChI is InChI=1S/C6H10OS2/c1-2-3-4-5-7-6(8)9/h3-4H,2,5H2,1H3,(H,8,9)/b4-3+. The van der Waals surface area contributed by atoms with Crippen LogP contribution >= 0.6 is 24.8 Å². The normalized spacial score (nSPS) is 10.0. The first kappa shape index (κ1) is 8.98. The lowest BCUT2D eigenvalue weighted by molar-refractivity contribution is 0.370. The summed E-state index contributed by atoms with van der Waals surface area (Å²) in [7, 11) is 0. The van der Waals surface area contributed by atoms with E-state index in [2.05, 4.69) is 31.8 Å². The van der Waals surface area contributed by atoms with Gasteiger partial charge in [0.05, 0.1) is 0 Å². The van der Waals surface area contributed by atoms with Crippen molar-refractivity contribution in [3.05, 3.63) is 12.2 Å². The Hall–Kier alpha value is -0.0200. The van der Waals surface area contributed by atoms with E-state index in [-0.39, 0.29) is 0 Å². The summed E-state index contributed by atoms with van der Waals surface area (Å²) in [5.74, 6) is 0. The van der Waals surface area contributed by atoms with E-state index in [1.165, 1.54) is 0 Å². The van der Waals surface area contributed by atoms with Gasteiger partial charge in [0, 0.05) is 0 Å². The highest BCUT2D eigenvalue weighted by Crippen LogP contribution is 1.87. The molecule has 3 heteroatoms. The third kappa shape index (κ3) is 7.98. The van der Waals surface area contributed by atoms with Crippen molar-refractivity contribution < 1.29 is 4.74 Å². The highest BCUT2D eigenvalue weighted by atomic mass is 32.1. The van der Waals surface area contributed by atoms with Crippen LogP contribution in [0.4, 0.5) is 0 Å². The number of thiocarbonyl (C=S) groups is 1. The molecule has 0 amide bonds. The van der Waals surface area contributed by atoms with Crippen LogP contribution in [0.15, 0.2) is 12.2 Å². The molecule has 1 nitrogen and oxygen atoms in total. The zero-order valence-corrected chi connectivity index (χ0v) is 7.04. The fourth-order valence-electron chi connectivity index (χ4n) is 0.354. The molecular formula is C6H10OS2. The SMILES string of the molecule is CC/C=C/COC(=S)S. The molecule has 0 bridgehead atoms. The minimum Gasteiger partial charge on any atom is -0.475 e. The van der Waals surface area contributed by atoms with E-state index in [0.29, 0.717) is 11.0 Å². The van der Waals surface area contributed by atoms with Gasteiger partial charge in [-0.05, 0) is 18.6 Å². The predicted molar refractivity (Wildman–Crippen MR) is 47.0 cm³/mol. The van der Waals surface area contributed by atoms with Gasteiger partial charge in [-0.15, -0.1) is 0 Å².